The number of nitrogens with one attached hydrogen (secondary N) is 1. The van der Waals surface area contributed by atoms with Crippen LogP contribution in [0.1, 0.15) is 34.8 Å². The maximum absolute atomic E-state index is 11.7. The molecule has 0 fully saturated rings. The van der Waals surface area contributed by atoms with Crippen LogP contribution in [0, 0.1) is 0 Å². The van der Waals surface area contributed by atoms with Gasteiger partial charge >= 0.3 is 5.97 Å². The minimum Gasteiger partial charge on any atom is -0.493 e. The number of aromatic carboxylic acids is 1. The fraction of sp³-hybridized carbons (Fsp3) is 0.333. The van der Waals surface area contributed by atoms with Gasteiger partial charge in [-0.1, -0.05) is 5.16 Å². The monoisotopic (exact) mass is 378 g/mol. The zero-order chi connectivity index (χ0) is 20.1. The number of aromatic amines is 1. The highest BCUT2D eigenvalue weighted by Crippen LogP contribution is 2.47. The van der Waals surface area contributed by atoms with Crippen LogP contribution in [0.2, 0.25) is 0 Å². The number of hydrogen-bond acceptors (Lipinski definition) is 7. The first kappa shape index (κ1) is 20.1. The molecule has 146 valence electrons. The van der Waals surface area contributed by atoms with Crippen molar-refractivity contribution < 1.29 is 34.1 Å². The Kier molecular flexibility index (Phi) is 6.30. The van der Waals surface area contributed by atoms with Crippen LogP contribution >= 0.6 is 0 Å². The zero-order valence-corrected chi connectivity index (χ0v) is 15.7. The van der Waals surface area contributed by atoms with Crippen molar-refractivity contribution in [3.8, 4) is 28.4 Å². The molecule has 1 atom stereocenters. The third-order valence-corrected chi connectivity index (χ3v) is 3.96. The summed E-state index contributed by atoms with van der Waals surface area (Å²) in [6, 6.07) is 3.35. The number of carboxylic acids is 1. The van der Waals surface area contributed by atoms with E-state index in [0.717, 1.165) is 0 Å². The predicted molar refractivity (Wildman–Crippen MR) is 98.1 cm³/mol. The van der Waals surface area contributed by atoms with Crippen LogP contribution in [0.15, 0.2) is 17.3 Å². The maximum Gasteiger partial charge on any atom is 0.352 e. The summed E-state index contributed by atoms with van der Waals surface area (Å²) < 4.78 is 16.2. The van der Waals surface area contributed by atoms with Gasteiger partial charge in [0.2, 0.25) is 5.75 Å². The minimum absolute atomic E-state index is 0.158. The van der Waals surface area contributed by atoms with E-state index < -0.39 is 12.1 Å². The number of aliphatic hydroxyl groups excluding tert-OH is 1. The molecule has 9 heteroatoms. The number of hydrogen-bond donors (Lipinski definition) is 3. The number of H-pyrrole nitrogens is 1. The van der Waals surface area contributed by atoms with Crippen LogP contribution in [-0.4, -0.2) is 55.8 Å². The Balaban J connectivity index is 2.92. The summed E-state index contributed by atoms with van der Waals surface area (Å²) in [5, 5.41) is 23.5. The van der Waals surface area contributed by atoms with Crippen molar-refractivity contribution in [2.24, 2.45) is 5.16 Å². The normalized spacial score (nSPS) is 12.1. The van der Waals surface area contributed by atoms with E-state index in [0.29, 0.717) is 34.1 Å². The molecule has 0 aliphatic carbocycles. The summed E-state index contributed by atoms with van der Waals surface area (Å²) in [5.74, 6) is -0.120. The topological polar surface area (TPSA) is 123 Å². The molecule has 0 amide bonds. The molecule has 2 aromatic rings. The first-order valence-electron chi connectivity index (χ1n) is 7.94. The number of carbonyl (C=O) groups is 1. The van der Waals surface area contributed by atoms with Gasteiger partial charge in [0, 0.05) is 16.7 Å². The molecule has 1 aromatic heterocycles. The van der Waals surface area contributed by atoms with Gasteiger partial charge in [0.1, 0.15) is 12.8 Å². The molecule has 0 bridgehead atoms. The third kappa shape index (κ3) is 3.68. The average molecular weight is 378 g/mol. The lowest BCUT2D eigenvalue weighted by Gasteiger charge is -2.17. The van der Waals surface area contributed by atoms with Gasteiger partial charge < -0.3 is 34.2 Å². The van der Waals surface area contributed by atoms with Gasteiger partial charge in [0.05, 0.1) is 39.3 Å². The van der Waals surface area contributed by atoms with E-state index >= 15 is 0 Å². The van der Waals surface area contributed by atoms with Gasteiger partial charge in [-0.25, -0.2) is 4.79 Å². The highest BCUT2D eigenvalue weighted by atomic mass is 16.6. The van der Waals surface area contributed by atoms with Crippen molar-refractivity contribution in [1.82, 2.24) is 4.98 Å². The smallest absolute Gasteiger partial charge is 0.352 e. The summed E-state index contributed by atoms with van der Waals surface area (Å²) in [4.78, 5) is 19.2. The van der Waals surface area contributed by atoms with Crippen molar-refractivity contribution in [3.63, 3.8) is 0 Å². The Bertz CT molecular complexity index is 856. The van der Waals surface area contributed by atoms with E-state index in [-0.39, 0.29) is 11.3 Å². The molecular weight excluding hydrogens is 356 g/mol. The summed E-state index contributed by atoms with van der Waals surface area (Å²) in [7, 11) is 5.78. The van der Waals surface area contributed by atoms with E-state index in [9.17, 15) is 15.0 Å². The Morgan fingerprint density at radius 1 is 1.15 bits per heavy atom. The Morgan fingerprint density at radius 2 is 1.81 bits per heavy atom. The Labute approximate surface area is 156 Å². The lowest BCUT2D eigenvalue weighted by atomic mass is 9.95. The average Bonchev–Trinajstić information content (AvgIpc) is 3.04. The van der Waals surface area contributed by atoms with Crippen LogP contribution in [0.3, 0.4) is 0 Å². The molecule has 0 aliphatic heterocycles. The van der Waals surface area contributed by atoms with Crippen LogP contribution in [0.25, 0.3) is 11.1 Å². The standard InChI is InChI=1S/C18H22N2O7/c1-9(21)13-14(11(8-19-27-5)20-15(13)18(22)23)10-6-7-12(24-2)17(26-4)16(10)25-3/h6-9,20-21H,1-5H3,(H,22,23). The second-order valence-electron chi connectivity index (χ2n) is 5.48. The number of ether oxygens (including phenoxy) is 3. The number of methoxy groups -OCH3 is 3. The first-order valence-corrected chi connectivity index (χ1v) is 7.94. The minimum atomic E-state index is -1.22. The van der Waals surface area contributed by atoms with Crippen LogP contribution in [0.5, 0.6) is 17.2 Å². The molecule has 9 nitrogen and oxygen atoms in total. The van der Waals surface area contributed by atoms with E-state index in [2.05, 4.69) is 10.1 Å². The molecule has 1 aromatic carbocycles. The van der Waals surface area contributed by atoms with E-state index in [1.165, 1.54) is 41.6 Å². The molecular formula is C18H22N2O7. The molecule has 27 heavy (non-hydrogen) atoms. The Morgan fingerprint density at radius 3 is 2.30 bits per heavy atom. The highest BCUT2D eigenvalue weighted by molar-refractivity contribution is 5.99. The number of benzene rings is 1. The van der Waals surface area contributed by atoms with Gasteiger partial charge in [0.15, 0.2) is 11.5 Å². The summed E-state index contributed by atoms with van der Waals surface area (Å²) in [6.07, 6.45) is 0.244. The van der Waals surface area contributed by atoms with Gasteiger partial charge in [-0.15, -0.1) is 0 Å². The number of nitrogens with zero attached hydrogens (tertiary/aromatic N) is 1. The van der Waals surface area contributed by atoms with Gasteiger partial charge in [-0.05, 0) is 19.1 Å². The summed E-state index contributed by atoms with van der Waals surface area (Å²) >= 11 is 0. The SMILES string of the molecule is CON=Cc1[nH]c(C(=O)O)c(C(C)O)c1-c1ccc(OC)c(OC)c1OC. The van der Waals surface area contributed by atoms with Crippen LogP contribution < -0.4 is 14.2 Å². The fourth-order valence-electron chi connectivity index (χ4n) is 2.91. The Hall–Kier alpha value is -3.20. The van der Waals surface area contributed by atoms with Crippen LogP contribution in [-0.2, 0) is 4.84 Å². The molecule has 0 radical (unpaired) electrons. The second kappa shape index (κ2) is 8.45. The fourth-order valence-corrected chi connectivity index (χ4v) is 2.91. The maximum atomic E-state index is 11.7. The molecule has 3 N–H and O–H groups in total. The number of rotatable bonds is 8. The zero-order valence-electron chi connectivity index (χ0n) is 15.7. The van der Waals surface area contributed by atoms with Crippen LogP contribution in [0.4, 0.5) is 0 Å². The van der Waals surface area contributed by atoms with Crippen molar-refractivity contribution in [1.29, 1.82) is 0 Å². The molecule has 2 rings (SSSR count). The number of aromatic nitrogens is 1. The molecule has 0 saturated carbocycles. The first-order chi connectivity index (χ1) is 12.9. The second-order valence-corrected chi connectivity index (χ2v) is 5.48. The summed E-state index contributed by atoms with van der Waals surface area (Å²) in [6.45, 7) is 1.48. The number of carboxylic acid groups (broad SMARTS) is 1. The summed E-state index contributed by atoms with van der Waals surface area (Å²) in [5.41, 5.74) is 1.25. The van der Waals surface area contributed by atoms with Crippen molar-refractivity contribution in [2.45, 2.75) is 13.0 Å². The van der Waals surface area contributed by atoms with E-state index in [1.807, 2.05) is 0 Å². The van der Waals surface area contributed by atoms with E-state index in [4.69, 9.17) is 19.0 Å². The van der Waals surface area contributed by atoms with Crippen molar-refractivity contribution >= 4 is 12.2 Å². The quantitative estimate of drug-likeness (QED) is 0.476. The molecule has 1 unspecified atom stereocenters. The van der Waals surface area contributed by atoms with Gasteiger partial charge in [-0.3, -0.25) is 0 Å². The molecule has 1 heterocycles. The van der Waals surface area contributed by atoms with Gasteiger partial charge in [0.25, 0.3) is 0 Å². The lowest BCUT2D eigenvalue weighted by Crippen LogP contribution is -2.05. The van der Waals surface area contributed by atoms with E-state index in [1.54, 1.807) is 12.1 Å². The number of aliphatic hydroxyl groups is 1. The van der Waals surface area contributed by atoms with Crippen molar-refractivity contribution in [3.05, 3.63) is 29.1 Å². The predicted octanol–water partition coefficient (Wildman–Crippen LogP) is 2.44. The molecule has 0 saturated heterocycles. The molecule has 0 spiro atoms. The largest absolute Gasteiger partial charge is 0.493 e. The third-order valence-electron chi connectivity index (χ3n) is 3.96. The number of oxime groups is 1. The van der Waals surface area contributed by atoms with Crippen molar-refractivity contribution in [2.75, 3.05) is 28.4 Å². The van der Waals surface area contributed by atoms with Gasteiger partial charge in [-0.2, -0.15) is 0 Å². The molecule has 0 aliphatic rings. The highest BCUT2D eigenvalue weighted by Gasteiger charge is 2.29. The lowest BCUT2D eigenvalue weighted by molar-refractivity contribution is 0.0684.